The van der Waals surface area contributed by atoms with E-state index < -0.39 is 21.5 Å². The zero-order valence-electron chi connectivity index (χ0n) is 8.99. The van der Waals surface area contributed by atoms with Gasteiger partial charge in [0.1, 0.15) is 0 Å². The zero-order chi connectivity index (χ0) is 11.6. The molecule has 0 bridgehead atoms. The fourth-order valence-corrected chi connectivity index (χ4v) is 2.58. The van der Waals surface area contributed by atoms with Gasteiger partial charge in [-0.1, -0.05) is 0 Å². The van der Waals surface area contributed by atoms with E-state index in [0.29, 0.717) is 0 Å². The van der Waals surface area contributed by atoms with Crippen molar-refractivity contribution in [1.29, 1.82) is 0 Å². The molecule has 0 heterocycles. The first-order valence-corrected chi connectivity index (χ1v) is 6.56. The molecule has 0 aliphatic heterocycles. The Bertz CT molecular complexity index is 348. The van der Waals surface area contributed by atoms with Crippen molar-refractivity contribution >= 4 is 5.69 Å². The number of nitrogens with two attached hydrogens (primary N) is 1. The van der Waals surface area contributed by atoms with Crippen LogP contribution in [0.1, 0.15) is 26.3 Å². The summed E-state index contributed by atoms with van der Waals surface area (Å²) in [7, 11) is 0. The van der Waals surface area contributed by atoms with Gasteiger partial charge in [-0.25, -0.2) is 0 Å². The van der Waals surface area contributed by atoms with Gasteiger partial charge in [-0.15, -0.1) is 0 Å². The van der Waals surface area contributed by atoms with Gasteiger partial charge in [0.25, 0.3) is 0 Å². The van der Waals surface area contributed by atoms with E-state index in [4.69, 9.17) is 10.9 Å². The van der Waals surface area contributed by atoms with Crippen LogP contribution in [0.15, 0.2) is 18.2 Å². The van der Waals surface area contributed by atoms with Crippen LogP contribution in [0, 0.1) is 8.78 Å². The van der Waals surface area contributed by atoms with E-state index in [-0.39, 0.29) is 8.85 Å². The van der Waals surface area contributed by atoms with Gasteiger partial charge < -0.3 is 0 Å². The Kier molecular flexibility index (Phi) is 3.93. The molecule has 0 aliphatic rings. The summed E-state index contributed by atoms with van der Waals surface area (Å²) in [5.74, 6) is 0. The molecule has 0 saturated heterocycles. The predicted molar refractivity (Wildman–Crippen MR) is 55.2 cm³/mol. The minimum atomic E-state index is -1.03. The summed E-state index contributed by atoms with van der Waals surface area (Å²) in [6, 6.07) is 5.49. The molecule has 0 aliphatic carbocycles. The molecule has 0 radical (unpaired) electrons. The maximum atomic E-state index is 10.5. The third-order valence-corrected chi connectivity index (χ3v) is 3.63. The Morgan fingerprint density at radius 3 is 2.47 bits per heavy atom. The number of benzene rings is 1. The van der Waals surface area contributed by atoms with Crippen molar-refractivity contribution in [3.8, 4) is 0 Å². The van der Waals surface area contributed by atoms with Crippen molar-refractivity contribution in [2.75, 3.05) is 5.73 Å². The second-order valence-corrected chi connectivity index (χ2v) is 6.85. The van der Waals surface area contributed by atoms with Crippen LogP contribution in [0.3, 0.4) is 0 Å². The normalized spacial score (nSPS) is 12.4. The molecular formula is C10H15IN2O2-2. The minimum absolute atomic E-state index is 0.0246. The van der Waals surface area contributed by atoms with Crippen LogP contribution in [0.2, 0.25) is 0 Å². The van der Waals surface area contributed by atoms with E-state index in [9.17, 15) is 5.21 Å². The molecule has 3 N–H and O–H groups in total. The van der Waals surface area contributed by atoms with E-state index in [2.05, 4.69) is 20.8 Å². The molecule has 1 aromatic carbocycles. The fraction of sp³-hybridized carbons (Fsp3) is 0.400. The van der Waals surface area contributed by atoms with Gasteiger partial charge >= 0.3 is 100 Å². The number of nitrogens with zero attached hydrogens (tertiary/aromatic N) is 1. The Morgan fingerprint density at radius 2 is 2.00 bits per heavy atom. The molecule has 86 valence electrons. The van der Waals surface area contributed by atoms with Crippen LogP contribution in [0.4, 0.5) is 5.69 Å². The first-order chi connectivity index (χ1) is 6.80. The van der Waals surface area contributed by atoms with E-state index in [1.165, 1.54) is 0 Å². The standard InChI is InChI=1S/C10H15IN2O2/c1-10(2,3)8-6-7(11-13(14)15)4-5-9(8)12/h4-6,14H,12H2,1-3H3/q-2. The molecular weight excluding hydrogens is 307 g/mol. The number of hydrogen-bond donors (Lipinski definition) is 2. The number of hydrogen-bond acceptors (Lipinski definition) is 4. The molecule has 4 nitrogen and oxygen atoms in total. The molecule has 0 spiro atoms. The first kappa shape index (κ1) is 12.7. The number of halogens is 1. The van der Waals surface area contributed by atoms with Gasteiger partial charge in [0, 0.05) is 0 Å². The predicted octanol–water partition coefficient (Wildman–Crippen LogP) is -1.07. The molecule has 5 heteroatoms. The molecule has 1 rings (SSSR count). The van der Waals surface area contributed by atoms with Gasteiger partial charge in [-0.05, 0) is 0 Å². The molecule has 0 fully saturated rings. The van der Waals surface area contributed by atoms with Crippen LogP contribution in [0.5, 0.6) is 0 Å². The van der Waals surface area contributed by atoms with Crippen molar-refractivity contribution in [3.63, 3.8) is 0 Å². The summed E-state index contributed by atoms with van der Waals surface area (Å²) >= 11 is -1.03. The summed E-state index contributed by atoms with van der Waals surface area (Å²) in [5.41, 5.74) is 7.56. The average Bonchev–Trinajstić information content (AvgIpc) is 2.05. The van der Waals surface area contributed by atoms with Crippen LogP contribution in [-0.4, -0.2) is 8.65 Å². The van der Waals surface area contributed by atoms with Gasteiger partial charge in [-0.3, -0.25) is 0 Å². The molecule has 0 atom stereocenters. The molecule has 15 heavy (non-hydrogen) atoms. The Morgan fingerprint density at radius 1 is 1.40 bits per heavy atom. The molecule has 0 amide bonds. The summed E-state index contributed by atoms with van der Waals surface area (Å²) in [6.07, 6.45) is 0. The van der Waals surface area contributed by atoms with Crippen LogP contribution in [0.25, 0.3) is 0 Å². The summed E-state index contributed by atoms with van der Waals surface area (Å²) in [4.78, 5) is 0. The van der Waals surface area contributed by atoms with Crippen molar-refractivity contribution in [3.05, 3.63) is 32.5 Å². The van der Waals surface area contributed by atoms with Crippen LogP contribution < -0.4 is 27.2 Å². The average molecular weight is 322 g/mol. The topological polar surface area (TPSA) is 72.5 Å². The van der Waals surface area contributed by atoms with E-state index in [0.717, 1.165) is 14.8 Å². The van der Waals surface area contributed by atoms with Gasteiger partial charge in [0.2, 0.25) is 0 Å². The summed E-state index contributed by atoms with van der Waals surface area (Å²) < 4.78 is 0.891. The van der Waals surface area contributed by atoms with Crippen molar-refractivity contribution in [2.45, 2.75) is 26.2 Å². The number of anilines is 1. The van der Waals surface area contributed by atoms with E-state index in [1.54, 1.807) is 12.1 Å². The molecule has 1 aromatic rings. The van der Waals surface area contributed by atoms with Crippen molar-refractivity contribution in [2.24, 2.45) is 0 Å². The second kappa shape index (κ2) is 4.65. The Hall–Kier alpha value is -0.370. The fourth-order valence-electron chi connectivity index (χ4n) is 1.31. The van der Waals surface area contributed by atoms with E-state index >= 15 is 0 Å². The first-order valence-electron chi connectivity index (χ1n) is 4.52. The molecule has 0 aromatic heterocycles. The monoisotopic (exact) mass is 322 g/mol. The zero-order valence-corrected chi connectivity index (χ0v) is 11.1. The number of rotatable bonds is 2. The van der Waals surface area contributed by atoms with Gasteiger partial charge in [0.15, 0.2) is 0 Å². The Balaban J connectivity index is 3.06. The quantitative estimate of drug-likeness (QED) is 0.315. The summed E-state index contributed by atoms with van der Waals surface area (Å²) in [6.45, 7) is 6.19. The Labute approximate surface area is 100 Å². The van der Waals surface area contributed by atoms with Crippen LogP contribution in [-0.2, 0) is 5.41 Å². The molecule has 0 saturated carbocycles. The second-order valence-electron chi connectivity index (χ2n) is 4.29. The SMILES string of the molecule is CC(C)(C)c1cc([I-]N([O-])O)ccc1N. The number of nitrogen functional groups attached to an aromatic ring is 1. The summed E-state index contributed by atoms with van der Waals surface area (Å²) in [5, 5.41) is 19.2. The van der Waals surface area contributed by atoms with E-state index in [1.807, 2.05) is 6.07 Å². The van der Waals surface area contributed by atoms with Crippen LogP contribution >= 0.6 is 0 Å². The molecule has 0 unspecified atom stereocenters. The maximum absolute atomic E-state index is 10.5. The van der Waals surface area contributed by atoms with Gasteiger partial charge in [-0.2, -0.15) is 0 Å². The third-order valence-electron chi connectivity index (χ3n) is 1.99. The van der Waals surface area contributed by atoms with Crippen molar-refractivity contribution < 1.29 is 26.7 Å². The third kappa shape index (κ3) is 3.60. The van der Waals surface area contributed by atoms with Gasteiger partial charge in [0.05, 0.1) is 0 Å². The van der Waals surface area contributed by atoms with Crippen molar-refractivity contribution in [1.82, 2.24) is 3.44 Å².